The van der Waals surface area contributed by atoms with Crippen molar-refractivity contribution in [3.05, 3.63) is 94.4 Å². The number of fused-ring (bicyclic) bond motifs is 2. The second kappa shape index (κ2) is 15.1. The molecule has 0 aliphatic carbocycles. The van der Waals surface area contributed by atoms with Gasteiger partial charge in [0, 0.05) is 68.0 Å². The Bertz CT molecular complexity index is 2420. The van der Waals surface area contributed by atoms with Crippen LogP contribution >= 0.6 is 11.6 Å². The summed E-state index contributed by atoms with van der Waals surface area (Å²) < 4.78 is 6.19. The van der Waals surface area contributed by atoms with Crippen molar-refractivity contribution in [3.63, 3.8) is 0 Å². The number of nitriles is 1. The van der Waals surface area contributed by atoms with Crippen LogP contribution in [-0.4, -0.2) is 78.2 Å². The molecule has 54 heavy (non-hydrogen) atoms. The van der Waals surface area contributed by atoms with E-state index in [1.807, 2.05) is 43.5 Å². The van der Waals surface area contributed by atoms with Gasteiger partial charge in [-0.05, 0) is 92.2 Å². The van der Waals surface area contributed by atoms with E-state index in [0.717, 1.165) is 84.3 Å². The molecule has 4 aromatic heterocycles. The lowest BCUT2D eigenvalue weighted by atomic mass is 9.97. The number of pyridine rings is 3. The molecule has 6 heterocycles. The summed E-state index contributed by atoms with van der Waals surface area (Å²) in [6.07, 6.45) is 8.20. The molecule has 0 bridgehead atoms. The Hall–Kier alpha value is -5.45. The average Bonchev–Trinajstić information content (AvgIpc) is 3.60. The molecular weight excluding hydrogens is 704 g/mol. The highest BCUT2D eigenvalue weighted by molar-refractivity contribution is 6.35. The molecule has 2 aliphatic rings. The first-order valence-corrected chi connectivity index (χ1v) is 18.6. The Kier molecular flexibility index (Phi) is 9.96. The SMILES string of the molecule is Cc1c(Nc2nccc3cc(CN4CCC(O)CC4)cnc23)cccc1-c1nccc(-c2nc3cc(CN4CCC[C@@H](C(=O)O)C4)cc(C#N)c3o2)c1Cl. The number of anilines is 2. The van der Waals surface area contributed by atoms with Crippen LogP contribution in [0.3, 0.4) is 0 Å². The van der Waals surface area contributed by atoms with Gasteiger partial charge in [-0.3, -0.25) is 24.6 Å². The summed E-state index contributed by atoms with van der Waals surface area (Å²) in [5.41, 5.74) is 7.61. The topological polar surface area (TPSA) is 165 Å². The Morgan fingerprint density at radius 3 is 2.63 bits per heavy atom. The fourth-order valence-electron chi connectivity index (χ4n) is 7.61. The quantitative estimate of drug-likeness (QED) is 0.135. The monoisotopic (exact) mass is 742 g/mol. The van der Waals surface area contributed by atoms with Gasteiger partial charge in [-0.1, -0.05) is 23.7 Å². The zero-order valence-electron chi connectivity index (χ0n) is 29.8. The first-order valence-electron chi connectivity index (χ1n) is 18.2. The third-order valence-electron chi connectivity index (χ3n) is 10.5. The van der Waals surface area contributed by atoms with Gasteiger partial charge in [0.15, 0.2) is 11.4 Å². The summed E-state index contributed by atoms with van der Waals surface area (Å²) in [5, 5.41) is 34.3. The number of nitrogens with one attached hydrogen (secondary N) is 1. The normalized spacial score (nSPS) is 17.2. The number of halogens is 1. The van der Waals surface area contributed by atoms with E-state index >= 15 is 0 Å². The van der Waals surface area contributed by atoms with Gasteiger partial charge >= 0.3 is 5.97 Å². The summed E-state index contributed by atoms with van der Waals surface area (Å²) in [5.74, 6) is -0.269. The van der Waals surface area contributed by atoms with Crippen LogP contribution in [0.1, 0.15) is 47.9 Å². The van der Waals surface area contributed by atoms with E-state index in [2.05, 4.69) is 37.2 Å². The van der Waals surface area contributed by atoms with Crippen LogP contribution in [0.15, 0.2) is 71.5 Å². The maximum absolute atomic E-state index is 11.6. The van der Waals surface area contributed by atoms with Gasteiger partial charge in [-0.15, -0.1) is 0 Å². The van der Waals surface area contributed by atoms with Crippen molar-refractivity contribution in [2.75, 3.05) is 31.5 Å². The van der Waals surface area contributed by atoms with Gasteiger partial charge in [0.25, 0.3) is 0 Å². The van der Waals surface area contributed by atoms with E-state index in [1.54, 1.807) is 24.5 Å². The fourth-order valence-corrected chi connectivity index (χ4v) is 7.90. The number of likely N-dealkylation sites (tertiary alicyclic amines) is 2. The van der Waals surface area contributed by atoms with Crippen molar-refractivity contribution in [2.45, 2.75) is 51.8 Å². The number of aliphatic hydroxyl groups excluding tert-OH is 1. The second-order valence-electron chi connectivity index (χ2n) is 14.2. The molecule has 8 rings (SSSR count). The third-order valence-corrected chi connectivity index (χ3v) is 10.9. The highest BCUT2D eigenvalue weighted by atomic mass is 35.5. The highest BCUT2D eigenvalue weighted by Gasteiger charge is 2.26. The predicted molar refractivity (Wildman–Crippen MR) is 206 cm³/mol. The number of nitrogens with zero attached hydrogens (tertiary/aromatic N) is 7. The van der Waals surface area contributed by atoms with Crippen molar-refractivity contribution < 1.29 is 19.4 Å². The molecule has 0 spiro atoms. The summed E-state index contributed by atoms with van der Waals surface area (Å²) in [4.78, 5) is 34.9. The van der Waals surface area contributed by atoms with Crippen LogP contribution in [0, 0.1) is 24.2 Å². The Balaban J connectivity index is 1.05. The van der Waals surface area contributed by atoms with Crippen molar-refractivity contribution >= 4 is 51.1 Å². The number of carbonyl (C=O) groups is 1. The summed E-state index contributed by atoms with van der Waals surface area (Å²) >= 11 is 7.09. The van der Waals surface area contributed by atoms with Crippen molar-refractivity contribution in [3.8, 4) is 28.8 Å². The number of oxazole rings is 1. The first kappa shape index (κ1) is 35.6. The molecule has 274 valence electrons. The van der Waals surface area contributed by atoms with E-state index in [1.165, 1.54) is 0 Å². The minimum atomic E-state index is -0.777. The van der Waals surface area contributed by atoms with Gasteiger partial charge in [0.2, 0.25) is 5.89 Å². The number of rotatable bonds is 9. The average molecular weight is 743 g/mol. The van der Waals surface area contributed by atoms with E-state index in [0.29, 0.717) is 58.3 Å². The maximum atomic E-state index is 11.6. The van der Waals surface area contributed by atoms with Crippen LogP contribution in [0.5, 0.6) is 0 Å². The summed E-state index contributed by atoms with van der Waals surface area (Å²) in [6.45, 7) is 6.29. The standard InChI is InChI=1S/C41H39ClN8O4/c1-24-31(5-2-6-33(24)47-39-36-27(7-11-45-39)17-26(20-46-36)22-49-14-9-30(51)10-15-49)37-35(42)32(8-12-44-37)40-48-34-18-25(16-29(19-43)38(34)54-40)21-50-13-3-4-28(23-50)41(52)53/h2,5-8,11-12,16-18,20,28,30,51H,3-4,9-10,13-15,21-23H2,1H3,(H,45,47)(H,52,53)/t28-/m1/s1. The highest BCUT2D eigenvalue weighted by Crippen LogP contribution is 2.39. The summed E-state index contributed by atoms with van der Waals surface area (Å²) in [6, 6.07) is 17.6. The van der Waals surface area contributed by atoms with E-state index < -0.39 is 11.9 Å². The van der Waals surface area contributed by atoms with Gasteiger partial charge in [0.1, 0.15) is 17.1 Å². The Morgan fingerprint density at radius 1 is 1.00 bits per heavy atom. The van der Waals surface area contributed by atoms with Gasteiger partial charge in [-0.2, -0.15) is 5.26 Å². The smallest absolute Gasteiger partial charge is 0.307 e. The number of carboxylic acid groups (broad SMARTS) is 1. The number of hydrogen-bond acceptors (Lipinski definition) is 11. The van der Waals surface area contributed by atoms with E-state index in [4.69, 9.17) is 26.0 Å². The molecular formula is C41H39ClN8O4. The molecule has 0 amide bonds. The Labute approximate surface area is 317 Å². The Morgan fingerprint density at radius 2 is 1.81 bits per heavy atom. The van der Waals surface area contributed by atoms with E-state index in [9.17, 15) is 20.3 Å². The number of aromatic nitrogens is 4. The lowest BCUT2D eigenvalue weighted by Crippen LogP contribution is -2.38. The minimum Gasteiger partial charge on any atom is -0.481 e. The van der Waals surface area contributed by atoms with Crippen LogP contribution in [0.4, 0.5) is 11.5 Å². The number of hydrogen-bond donors (Lipinski definition) is 3. The predicted octanol–water partition coefficient (Wildman–Crippen LogP) is 7.33. The number of aliphatic carboxylic acids is 1. The molecule has 0 radical (unpaired) electrons. The molecule has 2 aliphatic heterocycles. The molecule has 13 heteroatoms. The van der Waals surface area contributed by atoms with E-state index in [-0.39, 0.29) is 12.0 Å². The van der Waals surface area contributed by atoms with Crippen molar-refractivity contribution in [1.29, 1.82) is 5.26 Å². The molecule has 12 nitrogen and oxygen atoms in total. The molecule has 2 saturated heterocycles. The van der Waals surface area contributed by atoms with Crippen LogP contribution in [0.2, 0.25) is 5.02 Å². The number of piperidine rings is 2. The molecule has 2 aromatic carbocycles. The van der Waals surface area contributed by atoms with Crippen molar-refractivity contribution in [2.24, 2.45) is 5.92 Å². The zero-order chi connectivity index (χ0) is 37.3. The van der Waals surface area contributed by atoms with Gasteiger partial charge in [0.05, 0.1) is 33.9 Å². The second-order valence-corrected chi connectivity index (χ2v) is 14.6. The van der Waals surface area contributed by atoms with Crippen molar-refractivity contribution in [1.82, 2.24) is 29.7 Å². The molecule has 6 aromatic rings. The molecule has 0 saturated carbocycles. The zero-order valence-corrected chi connectivity index (χ0v) is 30.6. The molecule has 2 fully saturated rings. The van der Waals surface area contributed by atoms with Crippen LogP contribution in [-0.2, 0) is 17.9 Å². The minimum absolute atomic E-state index is 0.205. The third kappa shape index (κ3) is 7.23. The maximum Gasteiger partial charge on any atom is 0.307 e. The lowest BCUT2D eigenvalue weighted by Gasteiger charge is -2.30. The summed E-state index contributed by atoms with van der Waals surface area (Å²) in [7, 11) is 0. The number of carboxylic acids is 1. The lowest BCUT2D eigenvalue weighted by molar-refractivity contribution is -0.143. The molecule has 1 atom stereocenters. The van der Waals surface area contributed by atoms with Crippen LogP contribution < -0.4 is 5.32 Å². The van der Waals surface area contributed by atoms with Gasteiger partial charge < -0.3 is 19.9 Å². The first-order chi connectivity index (χ1) is 26.2. The molecule has 0 unspecified atom stereocenters. The van der Waals surface area contributed by atoms with Gasteiger partial charge in [-0.25, -0.2) is 9.97 Å². The molecule has 3 N–H and O–H groups in total. The largest absolute Gasteiger partial charge is 0.481 e. The number of benzene rings is 2. The van der Waals surface area contributed by atoms with Crippen LogP contribution in [0.25, 0.3) is 44.7 Å². The fraction of sp³-hybridized carbons (Fsp3) is 0.317. The number of aliphatic hydroxyl groups is 1.